The number of benzene rings is 1. The van der Waals surface area contributed by atoms with E-state index in [0.717, 1.165) is 38.8 Å². The third kappa shape index (κ3) is 5.01. The SMILES string of the molecule is CN(C)[C@@H]1C(=O)C(C(N)=O)=C(O)[C@@]2(O)C(=O)C3=C(O)c4c(O)cc(CN5CCCCCC5)c(F)c4C[C@H]3C[C@@H]12.Cl.Cl. The number of rotatable bonds is 4. The molecule has 3 aliphatic carbocycles. The van der Waals surface area contributed by atoms with E-state index >= 15 is 4.39 Å². The fraction of sp³-hybridized carbons (Fsp3) is 0.536. The molecule has 6 N–H and O–H groups in total. The van der Waals surface area contributed by atoms with Gasteiger partial charge in [-0.1, -0.05) is 12.8 Å². The number of phenols is 1. The van der Waals surface area contributed by atoms with E-state index in [9.17, 15) is 34.8 Å². The van der Waals surface area contributed by atoms with Crippen molar-refractivity contribution in [3.63, 3.8) is 0 Å². The van der Waals surface area contributed by atoms with E-state index in [1.807, 2.05) is 0 Å². The van der Waals surface area contributed by atoms with Gasteiger partial charge in [0.1, 0.15) is 28.7 Å². The third-order valence-corrected chi connectivity index (χ3v) is 8.82. The maximum absolute atomic E-state index is 15.9. The zero-order valence-electron chi connectivity index (χ0n) is 22.9. The summed E-state index contributed by atoms with van der Waals surface area (Å²) >= 11 is 0. The first-order chi connectivity index (χ1) is 18.4. The molecule has 13 heteroatoms. The number of phenolic OH excluding ortho intramolecular Hbond substituents is 1. The zero-order chi connectivity index (χ0) is 28.4. The predicted octanol–water partition coefficient (Wildman–Crippen LogP) is 2.32. The second-order valence-electron chi connectivity index (χ2n) is 11.4. The number of aromatic hydroxyl groups is 1. The van der Waals surface area contributed by atoms with Crippen molar-refractivity contribution in [3.8, 4) is 5.75 Å². The summed E-state index contributed by atoms with van der Waals surface area (Å²) in [4.78, 5) is 42.6. The smallest absolute Gasteiger partial charge is 0.255 e. The second-order valence-corrected chi connectivity index (χ2v) is 11.4. The van der Waals surface area contributed by atoms with Crippen molar-refractivity contribution in [3.05, 3.63) is 45.5 Å². The number of aliphatic hydroxyl groups excluding tert-OH is 2. The molecular formula is C28H36Cl2FN3O7. The molecule has 0 aromatic heterocycles. The second kappa shape index (κ2) is 11.9. The number of primary amides is 1. The molecule has 1 aromatic carbocycles. The normalized spacial score (nSPS) is 28.3. The van der Waals surface area contributed by atoms with Gasteiger partial charge in [0.25, 0.3) is 5.91 Å². The minimum Gasteiger partial charge on any atom is -0.508 e. The Balaban J connectivity index is 0.00000231. The van der Waals surface area contributed by atoms with Crippen LogP contribution in [0.4, 0.5) is 4.39 Å². The summed E-state index contributed by atoms with van der Waals surface area (Å²) in [6.07, 6.45) is 4.08. The lowest BCUT2D eigenvalue weighted by Crippen LogP contribution is -2.65. The van der Waals surface area contributed by atoms with Crippen LogP contribution in [-0.2, 0) is 27.3 Å². The number of carbonyl (C=O) groups is 3. The number of fused-ring (bicyclic) bond motifs is 3. The average molecular weight is 617 g/mol. The molecule has 1 amide bonds. The fourth-order valence-corrected chi connectivity index (χ4v) is 7.00. The van der Waals surface area contributed by atoms with E-state index in [2.05, 4.69) is 4.90 Å². The molecule has 41 heavy (non-hydrogen) atoms. The van der Waals surface area contributed by atoms with Gasteiger partial charge in [0.15, 0.2) is 11.4 Å². The number of Topliss-reactive ketones (excluding diaryl/α,β-unsaturated/α-hetero) is 2. The van der Waals surface area contributed by atoms with Crippen molar-refractivity contribution in [1.29, 1.82) is 0 Å². The number of halogens is 3. The van der Waals surface area contributed by atoms with Gasteiger partial charge in [-0.25, -0.2) is 4.39 Å². The van der Waals surface area contributed by atoms with Gasteiger partial charge in [-0.2, -0.15) is 0 Å². The minimum absolute atomic E-state index is 0. The molecule has 4 aliphatic rings. The number of aliphatic hydroxyl groups is 3. The van der Waals surface area contributed by atoms with Gasteiger partial charge in [0, 0.05) is 29.2 Å². The number of nitrogens with two attached hydrogens (primary N) is 1. The maximum Gasteiger partial charge on any atom is 0.255 e. The van der Waals surface area contributed by atoms with Gasteiger partial charge in [-0.05, 0) is 64.9 Å². The summed E-state index contributed by atoms with van der Waals surface area (Å²) in [6.45, 7) is 1.92. The molecule has 1 aromatic rings. The quantitative estimate of drug-likeness (QED) is 0.320. The van der Waals surface area contributed by atoms with Crippen LogP contribution in [0.1, 0.15) is 48.8 Å². The molecular weight excluding hydrogens is 580 g/mol. The van der Waals surface area contributed by atoms with Crippen molar-refractivity contribution in [2.24, 2.45) is 17.6 Å². The molecule has 5 rings (SSSR count). The monoisotopic (exact) mass is 615 g/mol. The Kier molecular flexibility index (Phi) is 9.51. The number of likely N-dealkylation sites (N-methyl/N-ethyl adjacent to an activating group) is 1. The highest BCUT2D eigenvalue weighted by Crippen LogP contribution is 2.53. The molecule has 1 aliphatic heterocycles. The standard InChI is InChI=1S/C28H34FN3O7.2ClH/c1-31(2)22-16-10-13-9-15-19(17(33)11-14(21(15)29)12-32-7-5-3-4-6-8-32)23(34)18(13)25(36)28(16,39)26(37)20(24(22)35)27(30)38;;/h11,13,16,22,33-34,37,39H,3-10,12H2,1-2H3,(H2,30,38);2*1H/t13-,16-,22-,28-;;/m0../s1. The summed E-state index contributed by atoms with van der Waals surface area (Å²) in [7, 11) is 3.06. The lowest BCUT2D eigenvalue weighted by Gasteiger charge is -2.50. The van der Waals surface area contributed by atoms with Crippen LogP contribution in [0.25, 0.3) is 5.76 Å². The van der Waals surface area contributed by atoms with E-state index in [1.54, 1.807) is 0 Å². The van der Waals surface area contributed by atoms with Crippen LogP contribution in [0.5, 0.6) is 5.75 Å². The molecule has 1 heterocycles. The summed E-state index contributed by atoms with van der Waals surface area (Å²) in [5.74, 6) is -8.07. The fourth-order valence-electron chi connectivity index (χ4n) is 7.00. The molecule has 0 radical (unpaired) electrons. The Morgan fingerprint density at radius 3 is 2.29 bits per heavy atom. The zero-order valence-corrected chi connectivity index (χ0v) is 24.5. The molecule has 0 spiro atoms. The van der Waals surface area contributed by atoms with Crippen molar-refractivity contribution in [2.75, 3.05) is 27.2 Å². The van der Waals surface area contributed by atoms with E-state index < -0.39 is 69.6 Å². The minimum atomic E-state index is -2.72. The predicted molar refractivity (Wildman–Crippen MR) is 152 cm³/mol. The van der Waals surface area contributed by atoms with Gasteiger partial charge in [0.2, 0.25) is 5.78 Å². The largest absolute Gasteiger partial charge is 0.508 e. The first-order valence-corrected chi connectivity index (χ1v) is 13.3. The van der Waals surface area contributed by atoms with Crippen LogP contribution >= 0.6 is 24.8 Å². The molecule has 1 saturated carbocycles. The van der Waals surface area contributed by atoms with Gasteiger partial charge in [-0.15, -0.1) is 24.8 Å². The number of nitrogens with zero attached hydrogens (tertiary/aromatic N) is 2. The molecule has 0 bridgehead atoms. The number of hydrogen-bond donors (Lipinski definition) is 5. The lowest BCUT2D eigenvalue weighted by molar-refractivity contribution is -0.153. The van der Waals surface area contributed by atoms with Crippen molar-refractivity contribution >= 4 is 48.0 Å². The highest BCUT2D eigenvalue weighted by Gasteiger charge is 2.64. The molecule has 1 saturated heterocycles. The van der Waals surface area contributed by atoms with Crippen LogP contribution in [0.2, 0.25) is 0 Å². The topological polar surface area (TPSA) is 165 Å². The molecule has 226 valence electrons. The van der Waals surface area contributed by atoms with Crippen molar-refractivity contribution in [2.45, 2.75) is 56.7 Å². The van der Waals surface area contributed by atoms with Crippen LogP contribution in [0.3, 0.4) is 0 Å². The summed E-state index contributed by atoms with van der Waals surface area (Å²) < 4.78 is 15.9. The third-order valence-electron chi connectivity index (χ3n) is 8.82. The molecule has 10 nitrogen and oxygen atoms in total. The Morgan fingerprint density at radius 1 is 1.12 bits per heavy atom. The van der Waals surface area contributed by atoms with Crippen LogP contribution in [-0.4, -0.2) is 86.5 Å². The van der Waals surface area contributed by atoms with Crippen LogP contribution in [0, 0.1) is 17.7 Å². The Bertz CT molecular complexity index is 1340. The number of amides is 1. The summed E-state index contributed by atoms with van der Waals surface area (Å²) in [6, 6.07) is 0.0697. The van der Waals surface area contributed by atoms with Crippen LogP contribution < -0.4 is 5.73 Å². The lowest BCUT2D eigenvalue weighted by atomic mass is 9.57. The molecule has 0 unspecified atom stereocenters. The summed E-state index contributed by atoms with van der Waals surface area (Å²) in [5.41, 5.74) is 1.56. The van der Waals surface area contributed by atoms with E-state index in [1.165, 1.54) is 25.1 Å². The average Bonchev–Trinajstić information content (AvgIpc) is 3.12. The van der Waals surface area contributed by atoms with Crippen LogP contribution in [0.15, 0.2) is 23.0 Å². The van der Waals surface area contributed by atoms with Gasteiger partial charge in [0.05, 0.1) is 11.6 Å². The number of hydrogen-bond acceptors (Lipinski definition) is 9. The van der Waals surface area contributed by atoms with E-state index in [4.69, 9.17) is 5.73 Å². The molecule has 2 fully saturated rings. The van der Waals surface area contributed by atoms with E-state index in [-0.39, 0.29) is 59.9 Å². The van der Waals surface area contributed by atoms with Crippen molar-refractivity contribution < 1.29 is 39.2 Å². The number of ketones is 2. The van der Waals surface area contributed by atoms with Crippen molar-refractivity contribution in [1.82, 2.24) is 9.80 Å². The van der Waals surface area contributed by atoms with E-state index in [0.29, 0.717) is 6.54 Å². The first-order valence-electron chi connectivity index (χ1n) is 13.3. The summed E-state index contributed by atoms with van der Waals surface area (Å²) in [5, 5.41) is 44.6. The van der Waals surface area contributed by atoms with Gasteiger partial charge >= 0.3 is 0 Å². The number of carbonyl (C=O) groups excluding carboxylic acids is 3. The van der Waals surface area contributed by atoms with Gasteiger partial charge < -0.3 is 26.2 Å². The Hall–Kier alpha value is -2.70. The van der Waals surface area contributed by atoms with Gasteiger partial charge in [-0.3, -0.25) is 24.2 Å². The Morgan fingerprint density at radius 2 is 1.73 bits per heavy atom. The molecule has 4 atom stereocenters. The Labute approximate surface area is 249 Å². The maximum atomic E-state index is 15.9. The highest BCUT2D eigenvalue weighted by molar-refractivity contribution is 6.24. The number of likely N-dealkylation sites (tertiary alicyclic amines) is 1. The highest BCUT2D eigenvalue weighted by atomic mass is 35.5. The first kappa shape index (κ1) is 32.8.